The smallest absolute Gasteiger partial charge is 0.00199 e. The molecule has 0 bridgehead atoms. The summed E-state index contributed by atoms with van der Waals surface area (Å²) in [6, 6.07) is 129. The number of fused-ring (bicyclic) bond motifs is 14. The molecule has 0 unspecified atom stereocenters. The zero-order chi connectivity index (χ0) is 60.6. The first kappa shape index (κ1) is 53.1. The molecule has 19 rings (SSSR count). The SMILES string of the molecule is c1ccc2c(c1)cc(-c1ccc(-c3c4ccccc4c(-c4cc5ccccc5c5ccccc45)c4ccccc34)cc1)c1ccccc12.c1ccc2cc(-c3ccc(-c4c5ccccc5c(-c5cc6ccccc6c6ccccc56)c5ccccc45)cc3)ccc2c1. The molecular weight excluding hydrogens is 1110 g/mol. The Morgan fingerprint density at radius 1 is 0.109 bits per heavy atom. The molecular formula is C92H58. The van der Waals surface area contributed by atoms with Crippen molar-refractivity contribution in [3.8, 4) is 66.8 Å². The van der Waals surface area contributed by atoms with Crippen LogP contribution in [-0.4, -0.2) is 0 Å². The van der Waals surface area contributed by atoms with Crippen LogP contribution in [0.3, 0.4) is 0 Å². The first-order valence-corrected chi connectivity index (χ1v) is 32.0. The van der Waals surface area contributed by atoms with Crippen molar-refractivity contribution in [2.24, 2.45) is 0 Å². The van der Waals surface area contributed by atoms with Gasteiger partial charge in [0, 0.05) is 0 Å². The lowest BCUT2D eigenvalue weighted by Crippen LogP contribution is -1.92. The van der Waals surface area contributed by atoms with Gasteiger partial charge >= 0.3 is 0 Å². The molecule has 0 radical (unpaired) electrons. The molecule has 19 aromatic carbocycles. The summed E-state index contributed by atoms with van der Waals surface area (Å²) in [6.07, 6.45) is 0. The molecule has 0 fully saturated rings. The molecule has 0 spiro atoms. The quantitative estimate of drug-likeness (QED) is 0.115. The first-order chi connectivity index (χ1) is 45.7. The lowest BCUT2D eigenvalue weighted by molar-refractivity contribution is 1.63. The molecule has 426 valence electrons. The summed E-state index contributed by atoms with van der Waals surface area (Å²) in [4.78, 5) is 0. The van der Waals surface area contributed by atoms with Gasteiger partial charge in [-0.05, 0) is 210 Å². The van der Waals surface area contributed by atoms with Gasteiger partial charge in [0.1, 0.15) is 0 Å². The van der Waals surface area contributed by atoms with Crippen LogP contribution < -0.4 is 0 Å². The highest BCUT2D eigenvalue weighted by molar-refractivity contribution is 6.28. The Labute approximate surface area is 533 Å². The fraction of sp³-hybridized carbons (Fsp3) is 0. The van der Waals surface area contributed by atoms with Crippen LogP contribution in [0.2, 0.25) is 0 Å². The second-order valence-corrected chi connectivity index (χ2v) is 24.5. The largest absolute Gasteiger partial charge is 0.0616 e. The van der Waals surface area contributed by atoms with Crippen molar-refractivity contribution in [1.29, 1.82) is 0 Å². The zero-order valence-electron chi connectivity index (χ0n) is 50.5. The van der Waals surface area contributed by atoms with Crippen molar-refractivity contribution in [3.63, 3.8) is 0 Å². The summed E-state index contributed by atoms with van der Waals surface area (Å²) in [5, 5.41) is 28.1. The molecule has 0 amide bonds. The second-order valence-electron chi connectivity index (χ2n) is 24.5. The molecule has 0 heterocycles. The highest BCUT2D eigenvalue weighted by Gasteiger charge is 2.22. The summed E-state index contributed by atoms with van der Waals surface area (Å²) in [6.45, 7) is 0. The maximum absolute atomic E-state index is 2.40. The standard InChI is InChI=1S/C48H30.C44H28/c1-3-15-35-33(13-1)29-45(39-19-7-5-17-37(35)39)31-25-27-32(28-26-31)47-41-21-9-11-23-43(41)48(44-24-12-10-22-42(44)47)46-30-34-14-2-4-16-36(34)38-18-6-8-20-40(38)46;1-2-12-32-27-33(26-23-29(32)11-1)30-21-24-31(25-22-30)43-38-17-7-9-19-40(38)44(41-20-10-8-18-39(41)43)42-28-34-13-3-4-14-35(34)36-15-5-6-16-37(36)42/h1-30H;1-28H. The molecule has 0 saturated heterocycles. The minimum absolute atomic E-state index is 1.23. The fourth-order valence-electron chi connectivity index (χ4n) is 15.3. The average molecular weight is 1160 g/mol. The van der Waals surface area contributed by atoms with E-state index in [0.717, 1.165) is 0 Å². The van der Waals surface area contributed by atoms with E-state index < -0.39 is 0 Å². The van der Waals surface area contributed by atoms with Crippen molar-refractivity contribution in [3.05, 3.63) is 352 Å². The van der Waals surface area contributed by atoms with E-state index in [1.54, 1.807) is 0 Å². The maximum Gasteiger partial charge on any atom is -0.00199 e. The van der Waals surface area contributed by atoms with E-state index in [1.165, 1.54) is 185 Å². The van der Waals surface area contributed by atoms with E-state index in [-0.39, 0.29) is 0 Å². The topological polar surface area (TPSA) is 0 Å². The van der Waals surface area contributed by atoms with Crippen LogP contribution in [0.1, 0.15) is 0 Å². The Hall–Kier alpha value is -12.0. The third-order valence-electron chi connectivity index (χ3n) is 19.4. The Balaban J connectivity index is 0.000000136. The summed E-state index contributed by atoms with van der Waals surface area (Å²) in [7, 11) is 0. The molecule has 0 N–H and O–H groups in total. The highest BCUT2D eigenvalue weighted by atomic mass is 14.2. The molecule has 0 aliphatic carbocycles. The van der Waals surface area contributed by atoms with Gasteiger partial charge in [0.25, 0.3) is 0 Å². The molecule has 0 aliphatic rings. The molecule has 0 aliphatic heterocycles. The lowest BCUT2D eigenvalue weighted by atomic mass is 9.83. The van der Waals surface area contributed by atoms with Gasteiger partial charge in [0.15, 0.2) is 0 Å². The molecule has 0 saturated carbocycles. The third-order valence-corrected chi connectivity index (χ3v) is 19.4. The van der Waals surface area contributed by atoms with E-state index in [0.29, 0.717) is 0 Å². The average Bonchev–Trinajstić information content (AvgIpc) is 0.741. The van der Waals surface area contributed by atoms with Crippen LogP contribution >= 0.6 is 0 Å². The van der Waals surface area contributed by atoms with Crippen molar-refractivity contribution >= 4 is 118 Å². The minimum Gasteiger partial charge on any atom is -0.0616 e. The molecule has 0 aromatic heterocycles. The van der Waals surface area contributed by atoms with Gasteiger partial charge in [-0.25, -0.2) is 0 Å². The van der Waals surface area contributed by atoms with Gasteiger partial charge in [-0.2, -0.15) is 0 Å². The molecule has 0 nitrogen and oxygen atoms in total. The number of rotatable bonds is 6. The van der Waals surface area contributed by atoms with E-state index in [9.17, 15) is 0 Å². The predicted octanol–water partition coefficient (Wildman–Crippen LogP) is 26.1. The van der Waals surface area contributed by atoms with E-state index >= 15 is 0 Å². The molecule has 92 heavy (non-hydrogen) atoms. The summed E-state index contributed by atoms with van der Waals surface area (Å²) in [5.41, 5.74) is 15.2. The van der Waals surface area contributed by atoms with Crippen molar-refractivity contribution < 1.29 is 0 Å². The van der Waals surface area contributed by atoms with Crippen molar-refractivity contribution in [2.75, 3.05) is 0 Å². The molecule has 0 atom stereocenters. The zero-order valence-corrected chi connectivity index (χ0v) is 50.5. The first-order valence-electron chi connectivity index (χ1n) is 32.0. The van der Waals surface area contributed by atoms with Crippen LogP contribution in [0, 0.1) is 0 Å². The fourth-order valence-corrected chi connectivity index (χ4v) is 15.3. The Morgan fingerprint density at radius 2 is 0.348 bits per heavy atom. The Bertz CT molecular complexity index is 6050. The Morgan fingerprint density at radius 3 is 0.717 bits per heavy atom. The monoisotopic (exact) mass is 1160 g/mol. The van der Waals surface area contributed by atoms with Crippen LogP contribution in [0.5, 0.6) is 0 Å². The van der Waals surface area contributed by atoms with Crippen LogP contribution in [0.15, 0.2) is 352 Å². The van der Waals surface area contributed by atoms with Gasteiger partial charge in [-0.1, -0.05) is 328 Å². The number of hydrogen-bond donors (Lipinski definition) is 0. The Kier molecular flexibility index (Phi) is 12.7. The number of hydrogen-bond acceptors (Lipinski definition) is 0. The van der Waals surface area contributed by atoms with Crippen LogP contribution in [-0.2, 0) is 0 Å². The van der Waals surface area contributed by atoms with Crippen molar-refractivity contribution in [1.82, 2.24) is 0 Å². The van der Waals surface area contributed by atoms with Gasteiger partial charge in [0.05, 0.1) is 0 Å². The van der Waals surface area contributed by atoms with Gasteiger partial charge in [-0.3, -0.25) is 0 Å². The van der Waals surface area contributed by atoms with Crippen molar-refractivity contribution in [2.45, 2.75) is 0 Å². The summed E-state index contributed by atoms with van der Waals surface area (Å²) in [5.74, 6) is 0. The summed E-state index contributed by atoms with van der Waals surface area (Å²) < 4.78 is 0. The molecule has 0 heteroatoms. The van der Waals surface area contributed by atoms with E-state index in [1.807, 2.05) is 0 Å². The van der Waals surface area contributed by atoms with Crippen LogP contribution in [0.4, 0.5) is 0 Å². The predicted molar refractivity (Wildman–Crippen MR) is 398 cm³/mol. The van der Waals surface area contributed by atoms with Gasteiger partial charge in [-0.15, -0.1) is 0 Å². The summed E-state index contributed by atoms with van der Waals surface area (Å²) >= 11 is 0. The third kappa shape index (κ3) is 8.75. The second kappa shape index (κ2) is 22.0. The maximum atomic E-state index is 2.40. The number of benzene rings is 19. The highest BCUT2D eigenvalue weighted by Crippen LogP contribution is 2.49. The van der Waals surface area contributed by atoms with Crippen LogP contribution in [0.25, 0.3) is 185 Å². The van der Waals surface area contributed by atoms with E-state index in [4.69, 9.17) is 0 Å². The van der Waals surface area contributed by atoms with Gasteiger partial charge in [0.2, 0.25) is 0 Å². The van der Waals surface area contributed by atoms with Gasteiger partial charge < -0.3 is 0 Å². The lowest BCUT2D eigenvalue weighted by Gasteiger charge is -2.20. The molecule has 19 aromatic rings. The minimum atomic E-state index is 1.23. The van der Waals surface area contributed by atoms with E-state index in [2.05, 4.69) is 352 Å². The normalized spacial score (nSPS) is 11.7.